The SMILES string of the molecule is CC/C=C(\C=C/CC[C@H](NC(=O)[C@@H]1CCCCN1)c1cc2ccccc2[nH]1)OCc1ccccc1. The molecule has 2 atom stereocenters. The molecular formula is C30H37N3O2. The van der Waals surface area contributed by atoms with Gasteiger partial charge in [0, 0.05) is 11.2 Å². The third-order valence-corrected chi connectivity index (χ3v) is 6.43. The number of fused-ring (bicyclic) bond motifs is 1. The van der Waals surface area contributed by atoms with Crippen LogP contribution in [0.15, 0.2) is 84.7 Å². The van der Waals surface area contributed by atoms with Crippen LogP contribution in [-0.2, 0) is 16.1 Å². The van der Waals surface area contributed by atoms with E-state index in [1.165, 1.54) is 0 Å². The van der Waals surface area contributed by atoms with Gasteiger partial charge in [0.15, 0.2) is 0 Å². The molecule has 0 unspecified atom stereocenters. The number of carbonyl (C=O) groups is 1. The second kappa shape index (κ2) is 13.0. The highest BCUT2D eigenvalue weighted by molar-refractivity contribution is 5.83. The lowest BCUT2D eigenvalue weighted by Gasteiger charge is -2.25. The zero-order chi connectivity index (χ0) is 24.3. The molecule has 35 heavy (non-hydrogen) atoms. The van der Waals surface area contributed by atoms with Crippen LogP contribution in [0.3, 0.4) is 0 Å². The molecule has 3 N–H and O–H groups in total. The molecular weight excluding hydrogens is 434 g/mol. The first-order valence-corrected chi connectivity index (χ1v) is 12.9. The number of aromatic nitrogens is 1. The molecule has 0 aliphatic carbocycles. The zero-order valence-electron chi connectivity index (χ0n) is 20.6. The number of rotatable bonds is 11. The Balaban J connectivity index is 1.40. The van der Waals surface area contributed by atoms with Gasteiger partial charge in [0.25, 0.3) is 0 Å². The topological polar surface area (TPSA) is 66.2 Å². The Kier molecular flexibility index (Phi) is 9.18. The molecule has 184 valence electrons. The van der Waals surface area contributed by atoms with Crippen molar-refractivity contribution in [3.05, 3.63) is 95.9 Å². The molecule has 2 heterocycles. The van der Waals surface area contributed by atoms with E-state index in [4.69, 9.17) is 4.74 Å². The third-order valence-electron chi connectivity index (χ3n) is 6.43. The van der Waals surface area contributed by atoms with Crippen LogP contribution in [0.2, 0.25) is 0 Å². The minimum Gasteiger partial charge on any atom is -0.489 e. The quantitative estimate of drug-likeness (QED) is 0.227. The van der Waals surface area contributed by atoms with E-state index in [1.54, 1.807) is 0 Å². The summed E-state index contributed by atoms with van der Waals surface area (Å²) in [7, 11) is 0. The van der Waals surface area contributed by atoms with Crippen LogP contribution in [0, 0.1) is 0 Å². The van der Waals surface area contributed by atoms with Crippen molar-refractivity contribution >= 4 is 16.8 Å². The summed E-state index contributed by atoms with van der Waals surface area (Å²) in [5, 5.41) is 7.84. The number of benzene rings is 2. The highest BCUT2D eigenvalue weighted by atomic mass is 16.5. The predicted octanol–water partition coefficient (Wildman–Crippen LogP) is 6.31. The Hall–Kier alpha value is -3.31. The first-order valence-electron chi connectivity index (χ1n) is 12.9. The monoisotopic (exact) mass is 471 g/mol. The molecule has 0 radical (unpaired) electrons. The lowest BCUT2D eigenvalue weighted by Crippen LogP contribution is -2.47. The maximum atomic E-state index is 13.0. The van der Waals surface area contributed by atoms with Gasteiger partial charge in [-0.2, -0.15) is 0 Å². The van der Waals surface area contributed by atoms with Crippen LogP contribution in [0.1, 0.15) is 62.7 Å². The number of nitrogens with one attached hydrogen (secondary N) is 3. The van der Waals surface area contributed by atoms with Crippen molar-refractivity contribution in [1.82, 2.24) is 15.6 Å². The Labute approximate surface area is 208 Å². The number of para-hydroxylation sites is 1. The van der Waals surface area contributed by atoms with Gasteiger partial charge in [0.2, 0.25) is 5.91 Å². The Morgan fingerprint density at radius 2 is 1.97 bits per heavy atom. The molecule has 1 aromatic heterocycles. The van der Waals surface area contributed by atoms with Crippen LogP contribution in [0.5, 0.6) is 0 Å². The van der Waals surface area contributed by atoms with Gasteiger partial charge in [0.05, 0.1) is 12.1 Å². The number of piperidine rings is 1. The lowest BCUT2D eigenvalue weighted by atomic mass is 10.0. The van der Waals surface area contributed by atoms with Crippen molar-refractivity contribution < 1.29 is 9.53 Å². The molecule has 0 saturated carbocycles. The Morgan fingerprint density at radius 3 is 2.74 bits per heavy atom. The summed E-state index contributed by atoms with van der Waals surface area (Å²) in [6.07, 6.45) is 12.0. The maximum absolute atomic E-state index is 13.0. The first kappa shape index (κ1) is 24.8. The van der Waals surface area contributed by atoms with Crippen LogP contribution in [0.25, 0.3) is 10.9 Å². The van der Waals surface area contributed by atoms with E-state index in [-0.39, 0.29) is 18.0 Å². The third kappa shape index (κ3) is 7.33. The van der Waals surface area contributed by atoms with Crippen molar-refractivity contribution in [2.24, 2.45) is 0 Å². The molecule has 1 fully saturated rings. The van der Waals surface area contributed by atoms with Gasteiger partial charge in [-0.15, -0.1) is 0 Å². The van der Waals surface area contributed by atoms with E-state index in [2.05, 4.69) is 71.1 Å². The van der Waals surface area contributed by atoms with E-state index in [0.717, 1.165) is 73.0 Å². The number of ether oxygens (including phenoxy) is 1. The van der Waals surface area contributed by atoms with Crippen molar-refractivity contribution in [3.8, 4) is 0 Å². The predicted molar refractivity (Wildman–Crippen MR) is 143 cm³/mol. The van der Waals surface area contributed by atoms with Gasteiger partial charge in [-0.1, -0.05) is 68.0 Å². The summed E-state index contributed by atoms with van der Waals surface area (Å²) in [6, 6.07) is 20.4. The van der Waals surface area contributed by atoms with E-state index in [0.29, 0.717) is 6.61 Å². The minimum atomic E-state index is -0.100. The molecule has 1 saturated heterocycles. The normalized spacial score (nSPS) is 17.5. The second-order valence-electron chi connectivity index (χ2n) is 9.14. The standard InChI is InChI=1S/C30H37N3O2/c1-2-12-25(35-22-23-13-4-3-5-14-23)16-7-9-18-27(33-30(34)28-19-10-11-20-31-28)29-21-24-15-6-8-17-26(24)32-29/h3-8,12-17,21,27-28,31-32H,2,9-11,18-20,22H2,1H3,(H,33,34)/b16-7-,25-12+/t27-,28-/m0/s1. The van der Waals surface area contributed by atoms with Gasteiger partial charge in [0.1, 0.15) is 12.4 Å². The first-order chi connectivity index (χ1) is 17.2. The molecule has 1 amide bonds. The number of amides is 1. The fraction of sp³-hybridized carbons (Fsp3) is 0.367. The summed E-state index contributed by atoms with van der Waals surface area (Å²) in [5.74, 6) is 0.976. The van der Waals surface area contributed by atoms with Gasteiger partial charge < -0.3 is 20.4 Å². The van der Waals surface area contributed by atoms with Crippen LogP contribution in [0.4, 0.5) is 0 Å². The minimum absolute atomic E-state index is 0.0767. The van der Waals surface area contributed by atoms with E-state index < -0.39 is 0 Å². The summed E-state index contributed by atoms with van der Waals surface area (Å²) < 4.78 is 6.03. The largest absolute Gasteiger partial charge is 0.489 e. The molecule has 0 spiro atoms. The van der Waals surface area contributed by atoms with Gasteiger partial charge in [-0.3, -0.25) is 4.79 Å². The van der Waals surface area contributed by atoms with E-state index >= 15 is 0 Å². The molecule has 1 aliphatic heterocycles. The molecule has 3 aromatic rings. The van der Waals surface area contributed by atoms with Gasteiger partial charge >= 0.3 is 0 Å². The Bertz CT molecular complexity index is 1090. The molecule has 2 aromatic carbocycles. The Morgan fingerprint density at radius 1 is 1.14 bits per heavy atom. The number of hydrogen-bond donors (Lipinski definition) is 3. The number of aromatic amines is 1. The fourth-order valence-corrected chi connectivity index (χ4v) is 4.52. The van der Waals surface area contributed by atoms with Crippen LogP contribution in [-0.4, -0.2) is 23.5 Å². The maximum Gasteiger partial charge on any atom is 0.237 e. The van der Waals surface area contributed by atoms with Gasteiger partial charge in [-0.25, -0.2) is 0 Å². The lowest BCUT2D eigenvalue weighted by molar-refractivity contribution is -0.124. The van der Waals surface area contributed by atoms with Crippen molar-refractivity contribution in [3.63, 3.8) is 0 Å². The van der Waals surface area contributed by atoms with Crippen LogP contribution >= 0.6 is 0 Å². The molecule has 4 rings (SSSR count). The second-order valence-corrected chi connectivity index (χ2v) is 9.14. The number of hydrogen-bond acceptors (Lipinski definition) is 3. The highest BCUT2D eigenvalue weighted by Crippen LogP contribution is 2.24. The summed E-state index contributed by atoms with van der Waals surface area (Å²) in [5.41, 5.74) is 3.30. The zero-order valence-corrected chi connectivity index (χ0v) is 20.6. The van der Waals surface area contributed by atoms with Crippen molar-refractivity contribution in [2.75, 3.05) is 6.54 Å². The smallest absolute Gasteiger partial charge is 0.237 e. The van der Waals surface area contributed by atoms with Crippen molar-refractivity contribution in [1.29, 1.82) is 0 Å². The number of H-pyrrole nitrogens is 1. The average molecular weight is 472 g/mol. The van der Waals surface area contributed by atoms with Crippen molar-refractivity contribution in [2.45, 2.75) is 64.1 Å². The molecule has 0 bridgehead atoms. The van der Waals surface area contributed by atoms with Crippen LogP contribution < -0.4 is 10.6 Å². The van der Waals surface area contributed by atoms with Gasteiger partial charge in [-0.05, 0) is 73.9 Å². The average Bonchev–Trinajstić information content (AvgIpc) is 3.34. The molecule has 1 aliphatic rings. The number of allylic oxidation sites excluding steroid dienone is 3. The highest BCUT2D eigenvalue weighted by Gasteiger charge is 2.24. The van der Waals surface area contributed by atoms with E-state index in [9.17, 15) is 4.79 Å². The summed E-state index contributed by atoms with van der Waals surface area (Å²) in [6.45, 7) is 3.58. The molecule has 5 heteroatoms. The summed E-state index contributed by atoms with van der Waals surface area (Å²) in [4.78, 5) is 16.5. The fourth-order valence-electron chi connectivity index (χ4n) is 4.52. The number of carbonyl (C=O) groups excluding carboxylic acids is 1. The summed E-state index contributed by atoms with van der Waals surface area (Å²) >= 11 is 0. The molecule has 5 nitrogen and oxygen atoms in total. The van der Waals surface area contributed by atoms with E-state index in [1.807, 2.05) is 30.3 Å².